The third kappa shape index (κ3) is 4.19. The van der Waals surface area contributed by atoms with Crippen molar-refractivity contribution in [3.05, 3.63) is 62.5 Å². The van der Waals surface area contributed by atoms with E-state index >= 15 is 0 Å². The molecule has 0 saturated carbocycles. The highest BCUT2D eigenvalue weighted by atomic mass is 32.1. The summed E-state index contributed by atoms with van der Waals surface area (Å²) in [5.74, 6) is -0.194. The van der Waals surface area contributed by atoms with Crippen molar-refractivity contribution < 1.29 is 14.3 Å². The van der Waals surface area contributed by atoms with Crippen molar-refractivity contribution in [3.8, 4) is 0 Å². The lowest BCUT2D eigenvalue weighted by Crippen LogP contribution is -2.38. The minimum absolute atomic E-state index is 0.105. The number of aromatic nitrogens is 2. The Bertz CT molecular complexity index is 1220. The van der Waals surface area contributed by atoms with E-state index in [4.69, 9.17) is 4.74 Å². The summed E-state index contributed by atoms with van der Waals surface area (Å²) in [6.45, 7) is 6.01. The van der Waals surface area contributed by atoms with Gasteiger partial charge in [0.05, 0.1) is 11.4 Å². The summed E-state index contributed by atoms with van der Waals surface area (Å²) in [6, 6.07) is 9.60. The van der Waals surface area contributed by atoms with E-state index in [1.54, 1.807) is 18.4 Å². The number of hydrogen-bond donors (Lipinski definition) is 1. The van der Waals surface area contributed by atoms with Gasteiger partial charge in [0.15, 0.2) is 6.10 Å². The van der Waals surface area contributed by atoms with Gasteiger partial charge in [-0.15, -0.1) is 11.3 Å². The van der Waals surface area contributed by atoms with Gasteiger partial charge in [-0.3, -0.25) is 14.2 Å². The molecule has 32 heavy (non-hydrogen) atoms. The Balaban J connectivity index is 1.50. The van der Waals surface area contributed by atoms with Crippen molar-refractivity contribution in [3.63, 3.8) is 0 Å². The number of benzene rings is 1. The standard InChI is InChI=1S/C24H27N3O4S/c1-4-9-17(16-10-6-5-7-11-16)25-21(28)15(3)31-24(30)20-14(2)19-22(32-20)26-18-12-8-13-27(18)23(19)29/h5-7,10-11,15,17H,4,8-9,12-13H2,1-3H3,(H,25,28). The molecule has 4 rings (SSSR count). The molecule has 1 amide bonds. The van der Waals surface area contributed by atoms with Crippen molar-refractivity contribution in [2.45, 2.75) is 65.1 Å². The number of carbonyl (C=O) groups is 2. The number of aryl methyl sites for hydroxylation is 2. The minimum atomic E-state index is -0.964. The van der Waals surface area contributed by atoms with E-state index in [0.717, 1.165) is 48.4 Å². The third-order valence-corrected chi connectivity index (χ3v) is 7.01. The molecule has 168 valence electrons. The van der Waals surface area contributed by atoms with E-state index in [0.29, 0.717) is 27.2 Å². The van der Waals surface area contributed by atoms with Crippen LogP contribution in [0.1, 0.15) is 65.8 Å². The van der Waals surface area contributed by atoms with Crippen LogP contribution < -0.4 is 10.9 Å². The SMILES string of the molecule is CCCC(NC(=O)C(C)OC(=O)c1sc2nc3n(c(=O)c2c1C)CCC3)c1ccccc1. The maximum Gasteiger partial charge on any atom is 0.349 e. The number of esters is 1. The predicted octanol–water partition coefficient (Wildman–Crippen LogP) is 3.92. The maximum atomic E-state index is 12.9. The molecule has 3 aromatic rings. The molecule has 2 unspecified atom stereocenters. The third-order valence-electron chi connectivity index (χ3n) is 5.85. The van der Waals surface area contributed by atoms with Gasteiger partial charge in [0.25, 0.3) is 11.5 Å². The summed E-state index contributed by atoms with van der Waals surface area (Å²) < 4.78 is 7.17. The fraction of sp³-hybridized carbons (Fsp3) is 0.417. The smallest absolute Gasteiger partial charge is 0.349 e. The van der Waals surface area contributed by atoms with Crippen molar-refractivity contribution in [2.75, 3.05) is 0 Å². The van der Waals surface area contributed by atoms with E-state index in [-0.39, 0.29) is 17.5 Å². The highest BCUT2D eigenvalue weighted by Gasteiger charge is 2.27. The van der Waals surface area contributed by atoms with Crippen LogP contribution in [0.5, 0.6) is 0 Å². The summed E-state index contributed by atoms with van der Waals surface area (Å²) in [4.78, 5) is 43.9. The van der Waals surface area contributed by atoms with Gasteiger partial charge in [0, 0.05) is 13.0 Å². The molecule has 2 aromatic heterocycles. The lowest BCUT2D eigenvalue weighted by atomic mass is 10.0. The second kappa shape index (κ2) is 9.24. The molecular weight excluding hydrogens is 426 g/mol. The second-order valence-corrected chi connectivity index (χ2v) is 9.13. The minimum Gasteiger partial charge on any atom is -0.448 e. The normalized spacial score (nSPS) is 14.7. The van der Waals surface area contributed by atoms with Gasteiger partial charge >= 0.3 is 5.97 Å². The molecule has 1 aromatic carbocycles. The number of nitrogens with one attached hydrogen (secondary N) is 1. The van der Waals surface area contributed by atoms with Crippen LogP contribution in [0, 0.1) is 6.92 Å². The Morgan fingerprint density at radius 3 is 2.75 bits per heavy atom. The van der Waals surface area contributed by atoms with Crippen LogP contribution in [-0.4, -0.2) is 27.5 Å². The molecule has 8 heteroatoms. The molecule has 3 heterocycles. The quantitative estimate of drug-likeness (QED) is 0.548. The molecule has 2 atom stereocenters. The van der Waals surface area contributed by atoms with Crippen LogP contribution in [-0.2, 0) is 22.5 Å². The van der Waals surface area contributed by atoms with Crippen molar-refractivity contribution in [2.24, 2.45) is 0 Å². The number of nitrogens with zero attached hydrogens (tertiary/aromatic N) is 2. The van der Waals surface area contributed by atoms with Crippen LogP contribution in [0.4, 0.5) is 0 Å². The first-order valence-corrected chi connectivity index (χ1v) is 11.8. The van der Waals surface area contributed by atoms with Crippen molar-refractivity contribution in [1.82, 2.24) is 14.9 Å². The zero-order valence-electron chi connectivity index (χ0n) is 18.5. The second-order valence-electron chi connectivity index (χ2n) is 8.13. The Kier molecular flexibility index (Phi) is 6.41. The van der Waals surface area contributed by atoms with Gasteiger partial charge in [0.2, 0.25) is 0 Å². The number of fused-ring (bicyclic) bond motifs is 2. The summed E-state index contributed by atoms with van der Waals surface area (Å²) in [5.41, 5.74) is 1.47. The average Bonchev–Trinajstić information content (AvgIpc) is 3.39. The monoisotopic (exact) mass is 453 g/mol. The number of thiophene rings is 1. The molecule has 1 N–H and O–H groups in total. The highest BCUT2D eigenvalue weighted by molar-refractivity contribution is 7.20. The zero-order chi connectivity index (χ0) is 22.8. The lowest BCUT2D eigenvalue weighted by Gasteiger charge is -2.21. The van der Waals surface area contributed by atoms with Gasteiger partial charge < -0.3 is 10.1 Å². The van der Waals surface area contributed by atoms with E-state index in [9.17, 15) is 14.4 Å². The fourth-order valence-electron chi connectivity index (χ4n) is 4.12. The zero-order valence-corrected chi connectivity index (χ0v) is 19.3. The molecular formula is C24H27N3O4S. The molecule has 7 nitrogen and oxygen atoms in total. The van der Waals surface area contributed by atoms with Crippen LogP contribution in [0.2, 0.25) is 0 Å². The topological polar surface area (TPSA) is 90.3 Å². The summed E-state index contributed by atoms with van der Waals surface area (Å²) >= 11 is 1.15. The average molecular weight is 454 g/mol. The Morgan fingerprint density at radius 2 is 2.03 bits per heavy atom. The first kappa shape index (κ1) is 22.2. The predicted molar refractivity (Wildman–Crippen MR) is 124 cm³/mol. The van der Waals surface area contributed by atoms with Gasteiger partial charge in [0.1, 0.15) is 15.5 Å². The molecule has 0 aliphatic carbocycles. The van der Waals surface area contributed by atoms with Gasteiger partial charge in [-0.2, -0.15) is 0 Å². The number of amides is 1. The van der Waals surface area contributed by atoms with Crippen LogP contribution in [0.15, 0.2) is 35.1 Å². The lowest BCUT2D eigenvalue weighted by molar-refractivity contribution is -0.129. The first-order valence-electron chi connectivity index (χ1n) is 11.0. The summed E-state index contributed by atoms with van der Waals surface area (Å²) in [5, 5.41) is 3.46. The van der Waals surface area contributed by atoms with Gasteiger partial charge in [-0.1, -0.05) is 43.7 Å². The molecule has 0 spiro atoms. The van der Waals surface area contributed by atoms with Crippen molar-refractivity contribution in [1.29, 1.82) is 0 Å². The largest absolute Gasteiger partial charge is 0.448 e. The Hall–Kier alpha value is -3.00. The molecule has 0 bridgehead atoms. The van der Waals surface area contributed by atoms with E-state index in [1.807, 2.05) is 30.3 Å². The molecule has 0 fully saturated rings. The Labute approximate surface area is 190 Å². The molecule has 1 aliphatic heterocycles. The van der Waals surface area contributed by atoms with Crippen LogP contribution in [0.25, 0.3) is 10.2 Å². The van der Waals surface area contributed by atoms with Gasteiger partial charge in [-0.25, -0.2) is 9.78 Å². The van der Waals surface area contributed by atoms with E-state index in [1.165, 1.54) is 0 Å². The van der Waals surface area contributed by atoms with E-state index in [2.05, 4.69) is 17.2 Å². The van der Waals surface area contributed by atoms with Crippen molar-refractivity contribution >= 4 is 33.4 Å². The van der Waals surface area contributed by atoms with Crippen LogP contribution >= 0.6 is 11.3 Å². The fourth-order valence-corrected chi connectivity index (χ4v) is 5.20. The molecule has 0 radical (unpaired) electrons. The number of hydrogen-bond acceptors (Lipinski definition) is 6. The first-order chi connectivity index (χ1) is 15.4. The Morgan fingerprint density at radius 1 is 1.28 bits per heavy atom. The summed E-state index contributed by atoms with van der Waals surface area (Å²) in [7, 11) is 0. The van der Waals surface area contributed by atoms with Crippen LogP contribution in [0.3, 0.4) is 0 Å². The number of ether oxygens (including phenoxy) is 1. The summed E-state index contributed by atoms with van der Waals surface area (Å²) in [6.07, 6.45) is 2.39. The maximum absolute atomic E-state index is 12.9. The van der Waals surface area contributed by atoms with Gasteiger partial charge in [-0.05, 0) is 37.8 Å². The highest BCUT2D eigenvalue weighted by Crippen LogP contribution is 2.29. The van der Waals surface area contributed by atoms with E-state index < -0.39 is 12.1 Å². The number of rotatable bonds is 7. The molecule has 0 saturated heterocycles. The number of carbonyl (C=O) groups excluding carboxylic acids is 2. The molecule has 1 aliphatic rings.